The summed E-state index contributed by atoms with van der Waals surface area (Å²) in [5.74, 6) is 1.35. The summed E-state index contributed by atoms with van der Waals surface area (Å²) in [6, 6.07) is 14.0. The highest BCUT2D eigenvalue weighted by atomic mass is 16.5. The van der Waals surface area contributed by atoms with Crippen molar-refractivity contribution in [2.24, 2.45) is 0 Å². The summed E-state index contributed by atoms with van der Waals surface area (Å²) in [5.41, 5.74) is 10.2. The maximum atomic E-state index is 6.07. The highest BCUT2D eigenvalue weighted by Gasteiger charge is 2.10. The van der Waals surface area contributed by atoms with Crippen LogP contribution in [-0.2, 0) is 0 Å². The molecule has 108 valence electrons. The van der Waals surface area contributed by atoms with E-state index in [0.29, 0.717) is 5.95 Å². The van der Waals surface area contributed by atoms with Crippen LogP contribution in [0.15, 0.2) is 42.5 Å². The third-order valence-corrected chi connectivity index (χ3v) is 3.30. The van der Waals surface area contributed by atoms with Crippen LogP contribution in [0.25, 0.3) is 16.7 Å². The zero-order chi connectivity index (χ0) is 15.0. The number of ether oxygens (including phenoxy) is 1. The normalized spacial score (nSPS) is 11.2. The minimum atomic E-state index is 0.164. The SMILES string of the molecule is Cc1ccc2nc(N)n(-c3ccc(OC(C)C)cc3)c2c1. The Kier molecular flexibility index (Phi) is 3.29. The van der Waals surface area contributed by atoms with E-state index in [1.807, 2.05) is 54.8 Å². The fourth-order valence-corrected chi connectivity index (χ4v) is 2.42. The van der Waals surface area contributed by atoms with Gasteiger partial charge in [0.15, 0.2) is 0 Å². The number of nitrogen functional groups attached to an aromatic ring is 1. The molecular formula is C17H19N3O. The first kappa shape index (κ1) is 13.5. The van der Waals surface area contributed by atoms with E-state index in [2.05, 4.69) is 18.0 Å². The zero-order valence-corrected chi connectivity index (χ0v) is 12.5. The van der Waals surface area contributed by atoms with Crippen molar-refractivity contribution in [1.82, 2.24) is 9.55 Å². The second kappa shape index (κ2) is 5.13. The summed E-state index contributed by atoms with van der Waals surface area (Å²) in [6.07, 6.45) is 0.164. The lowest BCUT2D eigenvalue weighted by Gasteiger charge is -2.11. The molecule has 3 aromatic rings. The third-order valence-electron chi connectivity index (χ3n) is 3.30. The maximum absolute atomic E-state index is 6.07. The van der Waals surface area contributed by atoms with Gasteiger partial charge in [0, 0.05) is 5.69 Å². The first-order chi connectivity index (χ1) is 10.0. The average Bonchev–Trinajstić information content (AvgIpc) is 2.74. The van der Waals surface area contributed by atoms with Crippen LogP contribution in [0.4, 0.5) is 5.95 Å². The van der Waals surface area contributed by atoms with Crippen molar-refractivity contribution in [3.05, 3.63) is 48.0 Å². The molecular weight excluding hydrogens is 262 g/mol. The third kappa shape index (κ3) is 2.57. The van der Waals surface area contributed by atoms with Crippen molar-refractivity contribution in [2.45, 2.75) is 26.9 Å². The van der Waals surface area contributed by atoms with E-state index in [9.17, 15) is 0 Å². The van der Waals surface area contributed by atoms with Gasteiger partial charge in [0.05, 0.1) is 17.1 Å². The zero-order valence-electron chi connectivity index (χ0n) is 12.5. The smallest absolute Gasteiger partial charge is 0.205 e. The summed E-state index contributed by atoms with van der Waals surface area (Å²) in [6.45, 7) is 6.09. The minimum Gasteiger partial charge on any atom is -0.491 e. The first-order valence-corrected chi connectivity index (χ1v) is 7.06. The van der Waals surface area contributed by atoms with E-state index in [1.54, 1.807) is 0 Å². The molecule has 0 radical (unpaired) electrons. The number of hydrogen-bond acceptors (Lipinski definition) is 3. The molecule has 4 nitrogen and oxygen atoms in total. The second-order valence-electron chi connectivity index (χ2n) is 5.46. The van der Waals surface area contributed by atoms with Gasteiger partial charge in [-0.25, -0.2) is 4.98 Å². The topological polar surface area (TPSA) is 53.1 Å². The summed E-state index contributed by atoms with van der Waals surface area (Å²) in [4.78, 5) is 4.41. The van der Waals surface area contributed by atoms with Crippen molar-refractivity contribution >= 4 is 17.0 Å². The number of imidazole rings is 1. The van der Waals surface area contributed by atoms with Crippen LogP contribution in [0.2, 0.25) is 0 Å². The standard InChI is InChI=1S/C17H19N3O/c1-11(2)21-14-7-5-13(6-8-14)20-16-10-12(3)4-9-15(16)19-17(20)18/h4-11H,1-3H3,(H2,18,19). The second-order valence-corrected chi connectivity index (χ2v) is 5.46. The van der Waals surface area contributed by atoms with Gasteiger partial charge in [-0.05, 0) is 62.7 Å². The van der Waals surface area contributed by atoms with Gasteiger partial charge in [-0.3, -0.25) is 4.57 Å². The number of rotatable bonds is 3. The summed E-state index contributed by atoms with van der Waals surface area (Å²) in [5, 5.41) is 0. The van der Waals surface area contributed by atoms with E-state index in [1.165, 1.54) is 5.56 Å². The van der Waals surface area contributed by atoms with Crippen LogP contribution in [0.1, 0.15) is 19.4 Å². The van der Waals surface area contributed by atoms with E-state index >= 15 is 0 Å². The molecule has 2 N–H and O–H groups in total. The van der Waals surface area contributed by atoms with E-state index in [-0.39, 0.29) is 6.10 Å². The Morgan fingerprint density at radius 3 is 2.48 bits per heavy atom. The fourth-order valence-electron chi connectivity index (χ4n) is 2.42. The molecule has 0 amide bonds. The quantitative estimate of drug-likeness (QED) is 0.796. The highest BCUT2D eigenvalue weighted by molar-refractivity contribution is 5.81. The predicted molar refractivity (Wildman–Crippen MR) is 86.0 cm³/mol. The number of aryl methyl sites for hydroxylation is 1. The van der Waals surface area contributed by atoms with Crippen LogP contribution >= 0.6 is 0 Å². The van der Waals surface area contributed by atoms with E-state index < -0.39 is 0 Å². The van der Waals surface area contributed by atoms with Crippen LogP contribution in [0, 0.1) is 6.92 Å². The van der Waals surface area contributed by atoms with Crippen LogP contribution < -0.4 is 10.5 Å². The predicted octanol–water partition coefficient (Wildman–Crippen LogP) is 3.70. The highest BCUT2D eigenvalue weighted by Crippen LogP contribution is 2.25. The molecule has 0 unspecified atom stereocenters. The van der Waals surface area contributed by atoms with Gasteiger partial charge in [0.2, 0.25) is 5.95 Å². The summed E-state index contributed by atoms with van der Waals surface area (Å²) < 4.78 is 7.63. The van der Waals surface area contributed by atoms with Crippen LogP contribution in [-0.4, -0.2) is 15.7 Å². The molecule has 0 aliphatic carbocycles. The Balaban J connectivity index is 2.07. The Hall–Kier alpha value is -2.49. The molecule has 1 heterocycles. The molecule has 0 aliphatic heterocycles. The van der Waals surface area contributed by atoms with Crippen molar-refractivity contribution in [1.29, 1.82) is 0 Å². The fraction of sp³-hybridized carbons (Fsp3) is 0.235. The minimum absolute atomic E-state index is 0.164. The molecule has 0 atom stereocenters. The molecule has 0 aliphatic rings. The van der Waals surface area contributed by atoms with Crippen LogP contribution in [0.3, 0.4) is 0 Å². The number of benzene rings is 2. The molecule has 0 bridgehead atoms. The van der Waals surface area contributed by atoms with Crippen molar-refractivity contribution in [2.75, 3.05) is 5.73 Å². The van der Waals surface area contributed by atoms with E-state index in [0.717, 1.165) is 22.5 Å². The lowest BCUT2D eigenvalue weighted by atomic mass is 10.2. The molecule has 0 spiro atoms. The number of nitrogens with zero attached hydrogens (tertiary/aromatic N) is 2. The average molecular weight is 281 g/mol. The van der Waals surface area contributed by atoms with E-state index in [4.69, 9.17) is 10.5 Å². The van der Waals surface area contributed by atoms with Gasteiger partial charge in [0.25, 0.3) is 0 Å². The van der Waals surface area contributed by atoms with Gasteiger partial charge in [0.1, 0.15) is 5.75 Å². The Labute approximate surface area is 124 Å². The van der Waals surface area contributed by atoms with Crippen molar-refractivity contribution < 1.29 is 4.74 Å². The molecule has 0 fully saturated rings. The lowest BCUT2D eigenvalue weighted by molar-refractivity contribution is 0.242. The molecule has 0 saturated carbocycles. The largest absolute Gasteiger partial charge is 0.491 e. The van der Waals surface area contributed by atoms with Gasteiger partial charge in [-0.15, -0.1) is 0 Å². The Bertz CT molecular complexity index is 773. The number of aromatic nitrogens is 2. The molecule has 1 aromatic heterocycles. The monoisotopic (exact) mass is 281 g/mol. The molecule has 0 saturated heterocycles. The molecule has 2 aromatic carbocycles. The van der Waals surface area contributed by atoms with Gasteiger partial charge in [-0.1, -0.05) is 6.07 Å². The molecule has 21 heavy (non-hydrogen) atoms. The lowest BCUT2D eigenvalue weighted by Crippen LogP contribution is -2.06. The van der Waals surface area contributed by atoms with Crippen molar-refractivity contribution in [3.8, 4) is 11.4 Å². The molecule has 3 rings (SSSR count). The number of fused-ring (bicyclic) bond motifs is 1. The maximum Gasteiger partial charge on any atom is 0.205 e. The molecule has 4 heteroatoms. The van der Waals surface area contributed by atoms with Gasteiger partial charge in [-0.2, -0.15) is 0 Å². The summed E-state index contributed by atoms with van der Waals surface area (Å²) in [7, 11) is 0. The number of nitrogens with two attached hydrogens (primary N) is 1. The Morgan fingerprint density at radius 2 is 1.81 bits per heavy atom. The number of hydrogen-bond donors (Lipinski definition) is 1. The number of anilines is 1. The first-order valence-electron chi connectivity index (χ1n) is 7.06. The summed E-state index contributed by atoms with van der Waals surface area (Å²) >= 11 is 0. The Morgan fingerprint density at radius 1 is 1.10 bits per heavy atom. The van der Waals surface area contributed by atoms with Gasteiger partial charge < -0.3 is 10.5 Å². The van der Waals surface area contributed by atoms with Crippen molar-refractivity contribution in [3.63, 3.8) is 0 Å². The van der Waals surface area contributed by atoms with Crippen LogP contribution in [0.5, 0.6) is 5.75 Å². The van der Waals surface area contributed by atoms with Gasteiger partial charge >= 0.3 is 0 Å².